The Morgan fingerprint density at radius 1 is 0.794 bits per heavy atom. The third kappa shape index (κ3) is 11.4. The van der Waals surface area contributed by atoms with Gasteiger partial charge in [0.05, 0.1) is 7.11 Å². The fourth-order valence-electron chi connectivity index (χ4n) is 7.55. The molecule has 0 aromatic heterocycles. The second-order valence-electron chi connectivity index (χ2n) is 17.4. The average Bonchev–Trinajstić information content (AvgIpc) is 3.24. The standard InChI is InChI=1S/C48H61NO13Si/c1-29-38-23-22-37(62-63(9,10)48(5,6)7)28-39(38)60-41(34-16-18-35(19-17-34)55-27-26-49-24-12-11-13-25-49)40(29)33-14-20-36(21-15-33)59-47-45(58-32(4)52)43(57-31(3)51)42(56-30(2)50)44(61-47)46(53)54-8/h14-23,28,41-45,47H,11-13,24-27H2,1-10H3/t41-,42-,43-,44-,45+,47+/m0/s1/i1D3. The van der Waals surface area contributed by atoms with Crippen LogP contribution in [0.25, 0.3) is 11.1 Å². The van der Waals surface area contributed by atoms with Crippen molar-refractivity contribution in [1.82, 2.24) is 4.90 Å². The molecule has 3 aromatic rings. The van der Waals surface area contributed by atoms with E-state index in [1.807, 2.05) is 24.3 Å². The van der Waals surface area contributed by atoms with Crippen LogP contribution in [0.5, 0.6) is 23.0 Å². The van der Waals surface area contributed by atoms with Gasteiger partial charge in [0, 0.05) is 48.6 Å². The number of fused-ring (bicyclic) bond motifs is 1. The molecule has 14 nitrogen and oxygen atoms in total. The van der Waals surface area contributed by atoms with Crippen LogP contribution < -0.4 is 18.6 Å². The Hall–Kier alpha value is -5.38. The zero-order chi connectivity index (χ0) is 48.1. The Morgan fingerprint density at radius 3 is 2.00 bits per heavy atom. The number of piperidine rings is 1. The van der Waals surface area contributed by atoms with E-state index in [1.54, 1.807) is 42.5 Å². The van der Waals surface area contributed by atoms with Crippen molar-refractivity contribution in [3.63, 3.8) is 0 Å². The van der Waals surface area contributed by atoms with E-state index in [9.17, 15) is 19.2 Å². The summed E-state index contributed by atoms with van der Waals surface area (Å²) < 4.78 is 79.9. The molecule has 0 aliphatic carbocycles. The van der Waals surface area contributed by atoms with Gasteiger partial charge >= 0.3 is 23.9 Å². The number of carbonyl (C=O) groups is 4. The molecule has 0 saturated carbocycles. The first-order valence-electron chi connectivity index (χ1n) is 22.8. The quantitative estimate of drug-likeness (QED) is 0.0870. The van der Waals surface area contributed by atoms with Crippen LogP contribution in [0, 0.1) is 0 Å². The van der Waals surface area contributed by atoms with Crippen molar-refractivity contribution in [2.45, 2.75) is 123 Å². The van der Waals surface area contributed by atoms with E-state index in [4.69, 9.17) is 46.4 Å². The minimum Gasteiger partial charge on any atom is -0.543 e. The van der Waals surface area contributed by atoms with Gasteiger partial charge in [0.2, 0.25) is 20.7 Å². The van der Waals surface area contributed by atoms with Crippen LogP contribution >= 0.6 is 0 Å². The van der Waals surface area contributed by atoms with Gasteiger partial charge in [0.15, 0.2) is 18.3 Å². The highest BCUT2D eigenvalue weighted by Gasteiger charge is 2.56. The number of benzene rings is 3. The van der Waals surface area contributed by atoms with Gasteiger partial charge in [-0.05, 0) is 104 Å². The first kappa shape index (κ1) is 42.9. The molecule has 2 fully saturated rings. The molecule has 3 aliphatic heterocycles. The van der Waals surface area contributed by atoms with Gasteiger partial charge in [-0.25, -0.2) is 4.79 Å². The molecule has 0 bridgehead atoms. The van der Waals surface area contributed by atoms with Gasteiger partial charge in [-0.3, -0.25) is 19.3 Å². The summed E-state index contributed by atoms with van der Waals surface area (Å²) >= 11 is 0. The zero-order valence-electron chi connectivity index (χ0n) is 40.5. The fourth-order valence-corrected chi connectivity index (χ4v) is 8.57. The smallest absolute Gasteiger partial charge is 0.339 e. The number of allylic oxidation sites excluding steroid dienone is 1. The third-order valence-electron chi connectivity index (χ3n) is 11.7. The van der Waals surface area contributed by atoms with Gasteiger partial charge in [-0.15, -0.1) is 0 Å². The predicted molar refractivity (Wildman–Crippen MR) is 237 cm³/mol. The van der Waals surface area contributed by atoms with E-state index in [-0.39, 0.29) is 16.4 Å². The lowest BCUT2D eigenvalue weighted by molar-refractivity contribution is -0.282. The van der Waals surface area contributed by atoms with E-state index in [1.165, 1.54) is 19.3 Å². The molecular formula is C48H61NO13Si. The molecule has 0 N–H and O–H groups in total. The molecule has 2 saturated heterocycles. The van der Waals surface area contributed by atoms with Crippen LogP contribution in [0.3, 0.4) is 0 Å². The number of esters is 4. The van der Waals surface area contributed by atoms with Crippen molar-refractivity contribution >= 4 is 43.3 Å². The van der Waals surface area contributed by atoms with E-state index in [0.717, 1.165) is 47.5 Å². The summed E-state index contributed by atoms with van der Waals surface area (Å²) in [7, 11) is -1.20. The second-order valence-corrected chi connectivity index (χ2v) is 22.2. The first-order chi connectivity index (χ1) is 31.1. The molecule has 0 amide bonds. The molecule has 0 radical (unpaired) electrons. The summed E-state index contributed by atoms with van der Waals surface area (Å²) in [6.07, 6.45) is -5.20. The molecular weight excluding hydrogens is 827 g/mol. The summed E-state index contributed by atoms with van der Waals surface area (Å²) in [5.41, 5.74) is 1.99. The number of carbonyl (C=O) groups excluding carboxylic acids is 4. The average molecular weight is 891 g/mol. The molecule has 340 valence electrons. The lowest BCUT2D eigenvalue weighted by Gasteiger charge is -2.43. The van der Waals surface area contributed by atoms with Crippen molar-refractivity contribution in [3.05, 3.63) is 83.4 Å². The van der Waals surface area contributed by atoms with Gasteiger partial charge in [-0.1, -0.05) is 51.5 Å². The Balaban J connectivity index is 1.39. The summed E-state index contributed by atoms with van der Waals surface area (Å²) in [6, 6.07) is 19.1. The molecule has 6 rings (SSSR count). The summed E-state index contributed by atoms with van der Waals surface area (Å²) in [6.45, 7) is 14.8. The molecule has 3 heterocycles. The lowest BCUT2D eigenvalue weighted by Crippen LogP contribution is -2.64. The number of ether oxygens (including phenoxy) is 8. The number of rotatable bonds is 14. The van der Waals surface area contributed by atoms with Gasteiger partial charge in [-0.2, -0.15) is 0 Å². The summed E-state index contributed by atoms with van der Waals surface area (Å²) in [4.78, 5) is 52.3. The minimum absolute atomic E-state index is 0.0790. The minimum atomic E-state index is -2.62. The van der Waals surface area contributed by atoms with Crippen molar-refractivity contribution in [1.29, 1.82) is 0 Å². The van der Waals surface area contributed by atoms with Crippen molar-refractivity contribution in [3.8, 4) is 23.0 Å². The molecule has 3 aromatic carbocycles. The Labute approximate surface area is 375 Å². The fraction of sp³-hybridized carbons (Fsp3) is 0.500. The SMILES string of the molecule is [2H]C([2H])([2H])C1=C(c2ccc(O[C@@H]3O[C@H](C(=O)OC)[C@@H](OC(C)=O)[C@H](OC(C)=O)[C@H]3OC(C)=O)cc2)[C@H](c2ccc(OCCN3CCCCC3)cc2)Oc2cc(O[Si](C)(C)C(C)(C)C)ccc21. The highest BCUT2D eigenvalue weighted by atomic mass is 28.4. The van der Waals surface area contributed by atoms with Crippen LogP contribution in [-0.4, -0.2) is 101 Å². The van der Waals surface area contributed by atoms with Crippen molar-refractivity contribution in [2.75, 3.05) is 33.4 Å². The van der Waals surface area contributed by atoms with E-state index in [2.05, 4.69) is 38.8 Å². The maximum absolute atomic E-state index is 13.0. The maximum atomic E-state index is 13.0. The Morgan fingerprint density at radius 2 is 1.40 bits per heavy atom. The van der Waals surface area contributed by atoms with Gasteiger partial charge in [0.25, 0.3) is 0 Å². The Kier molecular flexibility index (Phi) is 13.6. The molecule has 3 aliphatic rings. The van der Waals surface area contributed by atoms with E-state index in [0.29, 0.717) is 46.1 Å². The highest BCUT2D eigenvalue weighted by Crippen LogP contribution is 2.49. The summed E-state index contributed by atoms with van der Waals surface area (Å²) in [5, 5.41) is -0.0966. The normalized spacial score (nSPS) is 23.7. The van der Waals surface area contributed by atoms with Crippen LogP contribution in [0.2, 0.25) is 18.1 Å². The third-order valence-corrected chi connectivity index (χ3v) is 16.1. The first-order valence-corrected chi connectivity index (χ1v) is 24.2. The van der Waals surface area contributed by atoms with Crippen LogP contribution in [0.1, 0.15) is 94.6 Å². The molecule has 63 heavy (non-hydrogen) atoms. The van der Waals surface area contributed by atoms with Crippen LogP contribution in [0.15, 0.2) is 66.7 Å². The Bertz CT molecular complexity index is 2250. The summed E-state index contributed by atoms with van der Waals surface area (Å²) in [5.74, 6) is -1.74. The van der Waals surface area contributed by atoms with E-state index >= 15 is 0 Å². The highest BCUT2D eigenvalue weighted by molar-refractivity contribution is 6.74. The number of hydrogen-bond acceptors (Lipinski definition) is 14. The lowest BCUT2D eigenvalue weighted by atomic mass is 9.86. The molecule has 0 spiro atoms. The molecule has 6 atom stereocenters. The number of likely N-dealkylation sites (tertiary alicyclic amines) is 1. The largest absolute Gasteiger partial charge is 0.543 e. The maximum Gasteiger partial charge on any atom is 0.339 e. The van der Waals surface area contributed by atoms with E-state index < -0.39 is 75.9 Å². The molecule has 0 unspecified atom stereocenters. The second kappa shape index (κ2) is 20.0. The number of methoxy groups -OCH3 is 1. The number of hydrogen-bond donors (Lipinski definition) is 0. The van der Waals surface area contributed by atoms with Crippen LogP contribution in [-0.2, 0) is 42.9 Å². The predicted octanol–water partition coefficient (Wildman–Crippen LogP) is 8.07. The number of nitrogens with zero attached hydrogens (tertiary/aromatic N) is 1. The zero-order valence-corrected chi connectivity index (χ0v) is 38.5. The monoisotopic (exact) mass is 890 g/mol. The van der Waals surface area contributed by atoms with Crippen LogP contribution in [0.4, 0.5) is 0 Å². The van der Waals surface area contributed by atoms with Crippen molar-refractivity contribution < 1.29 is 65.6 Å². The van der Waals surface area contributed by atoms with Crippen molar-refractivity contribution in [2.24, 2.45) is 0 Å². The molecule has 15 heteroatoms. The van der Waals surface area contributed by atoms with Gasteiger partial charge < -0.3 is 42.3 Å². The topological polar surface area (TPSA) is 155 Å². The van der Waals surface area contributed by atoms with Gasteiger partial charge in [0.1, 0.15) is 35.7 Å².